The Morgan fingerprint density at radius 1 is 0.971 bits per heavy atom. The van der Waals surface area contributed by atoms with E-state index in [2.05, 4.69) is 5.32 Å². The lowest BCUT2D eigenvalue weighted by molar-refractivity contribution is -0.118. The molecule has 174 valence electrons. The molecule has 0 aliphatic heterocycles. The van der Waals surface area contributed by atoms with E-state index in [-0.39, 0.29) is 12.5 Å². The summed E-state index contributed by atoms with van der Waals surface area (Å²) in [5.41, 5.74) is 5.92. The molecule has 1 amide bonds. The summed E-state index contributed by atoms with van der Waals surface area (Å²) in [6, 6.07) is 27.1. The number of para-hydroxylation sites is 1. The van der Waals surface area contributed by atoms with E-state index in [1.165, 1.54) is 0 Å². The molecule has 0 atom stereocenters. The lowest BCUT2D eigenvalue weighted by atomic mass is 10.0. The van der Waals surface area contributed by atoms with Crippen molar-refractivity contribution < 1.29 is 9.53 Å². The highest BCUT2D eigenvalue weighted by Gasteiger charge is 2.18. The minimum absolute atomic E-state index is 0.198. The number of rotatable bonds is 6. The Labute approximate surface area is 208 Å². The molecule has 0 aliphatic rings. The molecular formula is C28H23ClN4O2. The van der Waals surface area contributed by atoms with Gasteiger partial charge in [0.2, 0.25) is 5.88 Å². The van der Waals surface area contributed by atoms with Gasteiger partial charge in [-0.1, -0.05) is 66.2 Å². The molecule has 3 aromatic carbocycles. The van der Waals surface area contributed by atoms with Crippen molar-refractivity contribution in [3.8, 4) is 22.7 Å². The predicted molar refractivity (Wildman–Crippen MR) is 139 cm³/mol. The third kappa shape index (κ3) is 4.74. The smallest absolute Gasteiger partial charge is 0.262 e. The molecule has 6 nitrogen and oxygen atoms in total. The van der Waals surface area contributed by atoms with Gasteiger partial charge in [-0.25, -0.2) is 4.68 Å². The molecule has 1 N–H and O–H groups in total. The number of hydrogen-bond donors (Lipinski definition) is 1. The summed E-state index contributed by atoms with van der Waals surface area (Å²) < 4.78 is 7.67. The van der Waals surface area contributed by atoms with Gasteiger partial charge in [-0.05, 0) is 54.8 Å². The van der Waals surface area contributed by atoms with Crippen LogP contribution in [0.3, 0.4) is 0 Å². The zero-order chi connectivity index (χ0) is 24.4. The van der Waals surface area contributed by atoms with Crippen molar-refractivity contribution in [3.05, 3.63) is 101 Å². The van der Waals surface area contributed by atoms with Crippen molar-refractivity contribution in [2.45, 2.75) is 13.8 Å². The fourth-order valence-corrected chi connectivity index (χ4v) is 4.12. The number of pyridine rings is 1. The minimum atomic E-state index is -0.305. The SMILES string of the molecule is Cc1ccc(NC(=O)COc2cc(-c3ccccc3)c3c(C)nn(-c4ccccc4)c3n2)cc1Cl. The van der Waals surface area contributed by atoms with E-state index in [4.69, 9.17) is 26.4 Å². The average Bonchev–Trinajstić information content (AvgIpc) is 3.22. The van der Waals surface area contributed by atoms with Gasteiger partial charge in [0.1, 0.15) is 0 Å². The van der Waals surface area contributed by atoms with E-state index >= 15 is 0 Å². The Morgan fingerprint density at radius 2 is 1.69 bits per heavy atom. The average molecular weight is 483 g/mol. The van der Waals surface area contributed by atoms with Crippen LogP contribution in [0.15, 0.2) is 84.9 Å². The number of fused-ring (bicyclic) bond motifs is 1. The zero-order valence-corrected chi connectivity index (χ0v) is 20.1. The van der Waals surface area contributed by atoms with Gasteiger partial charge >= 0.3 is 0 Å². The van der Waals surface area contributed by atoms with Gasteiger partial charge in [-0.15, -0.1) is 0 Å². The van der Waals surface area contributed by atoms with E-state index in [0.29, 0.717) is 22.2 Å². The second-order valence-electron chi connectivity index (χ2n) is 8.21. The van der Waals surface area contributed by atoms with Crippen molar-refractivity contribution >= 4 is 34.2 Å². The Hall–Kier alpha value is -4.16. The summed E-state index contributed by atoms with van der Waals surface area (Å²) in [7, 11) is 0. The molecule has 0 radical (unpaired) electrons. The van der Waals surface area contributed by atoms with Crippen molar-refractivity contribution in [2.24, 2.45) is 0 Å². The van der Waals surface area contributed by atoms with E-state index in [0.717, 1.165) is 33.5 Å². The van der Waals surface area contributed by atoms with Gasteiger partial charge in [0.05, 0.1) is 16.8 Å². The number of nitrogens with one attached hydrogen (secondary N) is 1. The van der Waals surface area contributed by atoms with Crippen molar-refractivity contribution in [1.82, 2.24) is 14.8 Å². The zero-order valence-electron chi connectivity index (χ0n) is 19.3. The number of hydrogen-bond acceptors (Lipinski definition) is 4. The highest BCUT2D eigenvalue weighted by Crippen LogP contribution is 2.34. The highest BCUT2D eigenvalue weighted by atomic mass is 35.5. The van der Waals surface area contributed by atoms with Crippen LogP contribution in [0.25, 0.3) is 27.8 Å². The van der Waals surface area contributed by atoms with Gasteiger partial charge < -0.3 is 10.1 Å². The Bertz CT molecular complexity index is 1520. The number of benzene rings is 3. The van der Waals surface area contributed by atoms with Crippen LogP contribution < -0.4 is 10.1 Å². The maximum atomic E-state index is 12.6. The highest BCUT2D eigenvalue weighted by molar-refractivity contribution is 6.31. The number of halogens is 1. The number of anilines is 1. The standard InChI is InChI=1S/C28H23ClN4O2/c1-18-13-14-21(15-24(18)29)30-25(34)17-35-26-16-23(20-9-5-3-6-10-20)27-19(2)32-33(28(27)31-26)22-11-7-4-8-12-22/h3-16H,17H2,1-2H3,(H,30,34). The largest absolute Gasteiger partial charge is 0.467 e. The topological polar surface area (TPSA) is 69.0 Å². The van der Waals surface area contributed by atoms with Crippen molar-refractivity contribution in [2.75, 3.05) is 11.9 Å². The van der Waals surface area contributed by atoms with Crippen LogP contribution in [-0.4, -0.2) is 27.3 Å². The molecule has 0 unspecified atom stereocenters. The molecule has 0 spiro atoms. The fourth-order valence-electron chi connectivity index (χ4n) is 3.94. The van der Waals surface area contributed by atoms with Crippen LogP contribution >= 0.6 is 11.6 Å². The molecule has 0 saturated carbocycles. The molecule has 7 heteroatoms. The molecule has 0 fully saturated rings. The summed E-state index contributed by atoms with van der Waals surface area (Å²) in [4.78, 5) is 17.3. The van der Waals surface area contributed by atoms with E-state index in [1.807, 2.05) is 86.6 Å². The molecule has 5 aromatic rings. The van der Waals surface area contributed by atoms with Gasteiger partial charge in [0, 0.05) is 16.8 Å². The number of carbonyl (C=O) groups excluding carboxylic acids is 1. The number of nitrogens with zero attached hydrogens (tertiary/aromatic N) is 3. The number of amides is 1. The van der Waals surface area contributed by atoms with Crippen molar-refractivity contribution in [1.29, 1.82) is 0 Å². The number of ether oxygens (including phenoxy) is 1. The second kappa shape index (κ2) is 9.60. The Kier molecular flexibility index (Phi) is 6.21. The molecule has 35 heavy (non-hydrogen) atoms. The Balaban J connectivity index is 1.50. The van der Waals surface area contributed by atoms with Gasteiger partial charge in [0.25, 0.3) is 5.91 Å². The third-order valence-corrected chi connectivity index (χ3v) is 6.09. The molecule has 2 aromatic heterocycles. The number of aryl methyl sites for hydroxylation is 2. The second-order valence-corrected chi connectivity index (χ2v) is 8.61. The molecule has 0 bridgehead atoms. The first kappa shape index (κ1) is 22.6. The fraction of sp³-hybridized carbons (Fsp3) is 0.107. The number of aromatic nitrogens is 3. The minimum Gasteiger partial charge on any atom is -0.467 e. The summed E-state index contributed by atoms with van der Waals surface area (Å²) in [5.74, 6) is 0.0337. The van der Waals surface area contributed by atoms with Crippen LogP contribution in [-0.2, 0) is 4.79 Å². The van der Waals surface area contributed by atoms with Gasteiger partial charge in [-0.2, -0.15) is 10.1 Å². The summed E-state index contributed by atoms with van der Waals surface area (Å²) in [6.07, 6.45) is 0. The summed E-state index contributed by atoms with van der Waals surface area (Å²) >= 11 is 6.17. The van der Waals surface area contributed by atoms with E-state index < -0.39 is 0 Å². The van der Waals surface area contributed by atoms with Crippen LogP contribution in [0.1, 0.15) is 11.3 Å². The van der Waals surface area contributed by atoms with Crippen LogP contribution in [0.4, 0.5) is 5.69 Å². The lowest BCUT2D eigenvalue weighted by Gasteiger charge is -2.11. The van der Waals surface area contributed by atoms with Crippen LogP contribution in [0.5, 0.6) is 5.88 Å². The first-order chi connectivity index (χ1) is 17.0. The quantitative estimate of drug-likeness (QED) is 0.305. The first-order valence-corrected chi connectivity index (χ1v) is 11.6. The molecule has 0 saturated heterocycles. The van der Waals surface area contributed by atoms with E-state index in [1.54, 1.807) is 16.8 Å². The summed E-state index contributed by atoms with van der Waals surface area (Å²) in [6.45, 7) is 3.68. The Morgan fingerprint density at radius 3 is 2.40 bits per heavy atom. The van der Waals surface area contributed by atoms with Crippen LogP contribution in [0.2, 0.25) is 5.02 Å². The first-order valence-electron chi connectivity index (χ1n) is 11.2. The molecule has 2 heterocycles. The summed E-state index contributed by atoms with van der Waals surface area (Å²) in [5, 5.41) is 9.10. The van der Waals surface area contributed by atoms with Gasteiger partial charge in [-0.3, -0.25) is 4.79 Å². The monoisotopic (exact) mass is 482 g/mol. The van der Waals surface area contributed by atoms with E-state index in [9.17, 15) is 4.79 Å². The number of carbonyl (C=O) groups is 1. The normalized spacial score (nSPS) is 10.9. The third-order valence-electron chi connectivity index (χ3n) is 5.68. The van der Waals surface area contributed by atoms with Gasteiger partial charge in [0.15, 0.2) is 12.3 Å². The maximum Gasteiger partial charge on any atom is 0.262 e. The molecule has 5 rings (SSSR count). The predicted octanol–water partition coefficient (Wildman–Crippen LogP) is 6.38. The maximum absolute atomic E-state index is 12.6. The lowest BCUT2D eigenvalue weighted by Crippen LogP contribution is -2.20. The molecule has 0 aliphatic carbocycles. The van der Waals surface area contributed by atoms with Crippen LogP contribution in [0, 0.1) is 13.8 Å². The van der Waals surface area contributed by atoms with Crippen molar-refractivity contribution in [3.63, 3.8) is 0 Å². The molecular weight excluding hydrogens is 460 g/mol.